The Bertz CT molecular complexity index is 1040. The van der Waals surface area contributed by atoms with Crippen LogP contribution in [0.4, 0.5) is 4.39 Å². The van der Waals surface area contributed by atoms with Gasteiger partial charge in [-0.1, -0.05) is 18.2 Å². The first-order valence-corrected chi connectivity index (χ1v) is 10.5. The summed E-state index contributed by atoms with van der Waals surface area (Å²) in [5, 5.41) is 13.1. The van der Waals surface area contributed by atoms with Crippen molar-refractivity contribution >= 4 is 16.8 Å². The summed E-state index contributed by atoms with van der Waals surface area (Å²) >= 11 is 0. The smallest absolute Gasteiger partial charge is 0.223 e. The topological polar surface area (TPSA) is 68.4 Å². The molecule has 1 amide bonds. The largest absolute Gasteiger partial charge is 0.395 e. The zero-order chi connectivity index (χ0) is 21.1. The van der Waals surface area contributed by atoms with Crippen LogP contribution in [0, 0.1) is 18.7 Å². The van der Waals surface area contributed by atoms with Gasteiger partial charge in [0.25, 0.3) is 0 Å². The Morgan fingerprint density at radius 3 is 2.73 bits per heavy atom. The molecule has 1 aromatic heterocycles. The number of aromatic amines is 1. The molecule has 3 N–H and O–H groups in total. The van der Waals surface area contributed by atoms with E-state index in [1.807, 2.05) is 25.1 Å². The van der Waals surface area contributed by atoms with Crippen LogP contribution in [0.15, 0.2) is 42.5 Å². The first kappa shape index (κ1) is 20.6. The lowest BCUT2D eigenvalue weighted by Crippen LogP contribution is -2.41. The number of halogens is 1. The van der Waals surface area contributed by atoms with Crippen LogP contribution >= 0.6 is 0 Å². The van der Waals surface area contributed by atoms with E-state index in [4.69, 9.17) is 5.11 Å². The number of carbonyl (C=O) groups excluding carboxylic acids is 1. The Morgan fingerprint density at radius 2 is 2.00 bits per heavy atom. The SMILES string of the molecule is Cc1c(-c2ccccc2F)[nH]c2ccc(CNC(=O)C3CCN(CCO)CC3)cc12. The molecule has 3 aromatic rings. The van der Waals surface area contributed by atoms with Crippen molar-refractivity contribution in [1.82, 2.24) is 15.2 Å². The summed E-state index contributed by atoms with van der Waals surface area (Å²) in [6.45, 7) is 5.02. The van der Waals surface area contributed by atoms with Gasteiger partial charge in [-0.05, 0) is 68.2 Å². The minimum Gasteiger partial charge on any atom is -0.395 e. The molecule has 1 saturated heterocycles. The van der Waals surface area contributed by atoms with Gasteiger partial charge in [-0.3, -0.25) is 4.79 Å². The number of nitrogens with zero attached hydrogens (tertiary/aromatic N) is 1. The van der Waals surface area contributed by atoms with Crippen molar-refractivity contribution in [2.45, 2.75) is 26.3 Å². The number of aryl methyl sites for hydroxylation is 1. The maximum absolute atomic E-state index is 14.2. The maximum Gasteiger partial charge on any atom is 0.223 e. The molecule has 1 aliphatic rings. The minimum atomic E-state index is -0.246. The molecule has 0 saturated carbocycles. The van der Waals surface area contributed by atoms with E-state index < -0.39 is 0 Å². The van der Waals surface area contributed by atoms with E-state index >= 15 is 0 Å². The second kappa shape index (κ2) is 8.98. The predicted octanol–water partition coefficient (Wildman–Crippen LogP) is 3.60. The number of nitrogens with one attached hydrogen (secondary N) is 2. The summed E-state index contributed by atoms with van der Waals surface area (Å²) in [4.78, 5) is 18.1. The molecule has 2 heterocycles. The van der Waals surface area contributed by atoms with Gasteiger partial charge < -0.3 is 20.3 Å². The Labute approximate surface area is 175 Å². The standard InChI is InChI=1S/C24H28FN3O2/c1-16-20-14-17(15-26-24(30)18-8-10-28(11-9-18)12-13-29)6-7-22(20)27-23(16)19-4-2-3-5-21(19)25/h2-7,14,18,27,29H,8-13,15H2,1H3,(H,26,30). The molecule has 5 nitrogen and oxygen atoms in total. The molecule has 4 rings (SSSR count). The number of hydrogen-bond acceptors (Lipinski definition) is 3. The molecule has 0 aliphatic carbocycles. The quantitative estimate of drug-likeness (QED) is 0.583. The number of fused-ring (bicyclic) bond motifs is 1. The van der Waals surface area contributed by atoms with Gasteiger partial charge in [-0.25, -0.2) is 4.39 Å². The summed E-state index contributed by atoms with van der Waals surface area (Å²) in [5.74, 6) is -0.119. The number of aromatic nitrogens is 1. The Balaban J connectivity index is 1.44. The van der Waals surface area contributed by atoms with Crippen LogP contribution in [0.3, 0.4) is 0 Å². The van der Waals surface area contributed by atoms with Crippen molar-refractivity contribution in [3.8, 4) is 11.3 Å². The Kier molecular flexibility index (Phi) is 6.16. The first-order chi connectivity index (χ1) is 14.6. The summed E-state index contributed by atoms with van der Waals surface area (Å²) in [5.41, 5.74) is 4.33. The highest BCUT2D eigenvalue weighted by atomic mass is 19.1. The third-order valence-electron chi connectivity index (χ3n) is 6.11. The van der Waals surface area contributed by atoms with E-state index in [1.54, 1.807) is 12.1 Å². The fourth-order valence-electron chi connectivity index (χ4n) is 4.31. The molecule has 0 spiro atoms. The molecule has 0 unspecified atom stereocenters. The molecule has 1 fully saturated rings. The maximum atomic E-state index is 14.2. The van der Waals surface area contributed by atoms with Crippen LogP contribution in [0.1, 0.15) is 24.0 Å². The van der Waals surface area contributed by atoms with Crippen LogP contribution in [-0.2, 0) is 11.3 Å². The fraction of sp³-hybridized carbons (Fsp3) is 0.375. The Morgan fingerprint density at radius 1 is 1.23 bits per heavy atom. The third kappa shape index (κ3) is 4.25. The first-order valence-electron chi connectivity index (χ1n) is 10.5. The van der Waals surface area contributed by atoms with Crippen molar-refractivity contribution in [1.29, 1.82) is 0 Å². The predicted molar refractivity (Wildman–Crippen MR) is 117 cm³/mol. The van der Waals surface area contributed by atoms with Gasteiger partial charge in [0.2, 0.25) is 5.91 Å². The van der Waals surface area contributed by atoms with Crippen LogP contribution in [0.5, 0.6) is 0 Å². The summed E-state index contributed by atoms with van der Waals surface area (Å²) in [7, 11) is 0. The Hall–Kier alpha value is -2.70. The second-order valence-corrected chi connectivity index (χ2v) is 8.04. The van der Waals surface area contributed by atoms with Gasteiger partial charge in [-0.2, -0.15) is 0 Å². The number of rotatable bonds is 6. The molecule has 158 valence electrons. The fourth-order valence-corrected chi connectivity index (χ4v) is 4.31. The molecule has 1 aliphatic heterocycles. The van der Waals surface area contributed by atoms with Gasteiger partial charge >= 0.3 is 0 Å². The lowest BCUT2D eigenvalue weighted by molar-refractivity contribution is -0.126. The van der Waals surface area contributed by atoms with Crippen LogP contribution in [0.2, 0.25) is 0 Å². The highest BCUT2D eigenvalue weighted by Gasteiger charge is 2.24. The lowest BCUT2D eigenvalue weighted by atomic mass is 9.96. The summed E-state index contributed by atoms with van der Waals surface area (Å²) in [6, 6.07) is 12.8. The molecule has 30 heavy (non-hydrogen) atoms. The van der Waals surface area contributed by atoms with Crippen LogP contribution < -0.4 is 5.32 Å². The van der Waals surface area contributed by atoms with Gasteiger partial charge in [0.05, 0.1) is 12.3 Å². The monoisotopic (exact) mass is 409 g/mol. The zero-order valence-electron chi connectivity index (χ0n) is 17.2. The molecule has 6 heteroatoms. The van der Waals surface area contributed by atoms with Crippen molar-refractivity contribution in [2.24, 2.45) is 5.92 Å². The van der Waals surface area contributed by atoms with Crippen molar-refractivity contribution in [2.75, 3.05) is 26.2 Å². The van der Waals surface area contributed by atoms with E-state index in [2.05, 4.69) is 21.3 Å². The second-order valence-electron chi connectivity index (χ2n) is 8.04. The summed E-state index contributed by atoms with van der Waals surface area (Å²) in [6.07, 6.45) is 1.65. The highest BCUT2D eigenvalue weighted by Crippen LogP contribution is 2.31. The van der Waals surface area contributed by atoms with E-state index in [0.717, 1.165) is 53.7 Å². The molecule has 0 radical (unpaired) electrons. The number of amides is 1. The van der Waals surface area contributed by atoms with E-state index in [9.17, 15) is 9.18 Å². The normalized spacial score (nSPS) is 15.6. The highest BCUT2D eigenvalue weighted by molar-refractivity contribution is 5.91. The van der Waals surface area contributed by atoms with Gasteiger partial charge in [0.15, 0.2) is 0 Å². The molecule has 0 atom stereocenters. The van der Waals surface area contributed by atoms with E-state index in [1.165, 1.54) is 6.07 Å². The number of H-pyrrole nitrogens is 1. The average molecular weight is 410 g/mol. The number of likely N-dealkylation sites (tertiary alicyclic amines) is 1. The lowest BCUT2D eigenvalue weighted by Gasteiger charge is -2.30. The molecular formula is C24H28FN3O2. The minimum absolute atomic E-state index is 0.0327. The van der Waals surface area contributed by atoms with E-state index in [0.29, 0.717) is 18.7 Å². The molecular weight excluding hydrogens is 381 g/mol. The van der Waals surface area contributed by atoms with Crippen LogP contribution in [0.25, 0.3) is 22.2 Å². The number of piperidine rings is 1. The van der Waals surface area contributed by atoms with Gasteiger partial charge in [0.1, 0.15) is 5.82 Å². The van der Waals surface area contributed by atoms with Crippen LogP contribution in [-0.4, -0.2) is 47.1 Å². The number of hydrogen-bond donors (Lipinski definition) is 3. The number of benzene rings is 2. The van der Waals surface area contributed by atoms with Crippen molar-refractivity contribution in [3.05, 3.63) is 59.4 Å². The van der Waals surface area contributed by atoms with E-state index in [-0.39, 0.29) is 24.2 Å². The number of carbonyl (C=O) groups is 1. The van der Waals surface area contributed by atoms with Gasteiger partial charge in [0, 0.05) is 35.5 Å². The van der Waals surface area contributed by atoms with Crippen molar-refractivity contribution in [3.63, 3.8) is 0 Å². The number of β-amino-alcohol motifs (C(OH)–C–C–N with tert-alkyl or cyclic N) is 1. The van der Waals surface area contributed by atoms with Crippen molar-refractivity contribution < 1.29 is 14.3 Å². The van der Waals surface area contributed by atoms with Gasteiger partial charge in [-0.15, -0.1) is 0 Å². The zero-order valence-corrected chi connectivity index (χ0v) is 17.2. The number of aliphatic hydroxyl groups is 1. The number of aliphatic hydroxyl groups excluding tert-OH is 1. The summed E-state index contributed by atoms with van der Waals surface area (Å²) < 4.78 is 14.2. The molecule has 2 aromatic carbocycles. The average Bonchev–Trinajstić information content (AvgIpc) is 3.09. The molecule has 0 bridgehead atoms. The third-order valence-corrected chi connectivity index (χ3v) is 6.11.